The lowest BCUT2D eigenvalue weighted by Crippen LogP contribution is -2.15. The summed E-state index contributed by atoms with van der Waals surface area (Å²) >= 11 is 0. The van der Waals surface area contributed by atoms with Crippen LogP contribution in [0.2, 0.25) is 0 Å². The van der Waals surface area contributed by atoms with Gasteiger partial charge >= 0.3 is 0 Å². The summed E-state index contributed by atoms with van der Waals surface area (Å²) < 4.78 is 29.4. The first-order valence-corrected chi connectivity index (χ1v) is 12.2. The van der Waals surface area contributed by atoms with Crippen molar-refractivity contribution in [1.29, 1.82) is 0 Å². The van der Waals surface area contributed by atoms with Crippen LogP contribution in [0.25, 0.3) is 16.5 Å². The molecule has 0 saturated heterocycles. The van der Waals surface area contributed by atoms with Gasteiger partial charge < -0.3 is 10.1 Å². The number of fused-ring (bicyclic) bond motifs is 1. The Morgan fingerprint density at radius 2 is 1.94 bits per heavy atom. The van der Waals surface area contributed by atoms with Gasteiger partial charge in [-0.25, -0.2) is 18.4 Å². The molecular formula is C24H27N3O3S. The van der Waals surface area contributed by atoms with Gasteiger partial charge in [0, 0.05) is 23.1 Å². The summed E-state index contributed by atoms with van der Waals surface area (Å²) in [7, 11) is -1.38. The number of aromatic nitrogens is 2. The van der Waals surface area contributed by atoms with Gasteiger partial charge in [-0.15, -0.1) is 0 Å². The van der Waals surface area contributed by atoms with Crippen LogP contribution in [-0.2, 0) is 9.84 Å². The summed E-state index contributed by atoms with van der Waals surface area (Å²) in [5, 5.41) is 4.43. The molecule has 6 nitrogen and oxygen atoms in total. The summed E-state index contributed by atoms with van der Waals surface area (Å²) in [6.07, 6.45) is 2.26. The van der Waals surface area contributed by atoms with Crippen molar-refractivity contribution < 1.29 is 13.2 Å². The van der Waals surface area contributed by atoms with E-state index in [1.807, 2.05) is 19.1 Å². The molecule has 0 fully saturated rings. The zero-order valence-electron chi connectivity index (χ0n) is 18.3. The molecule has 7 heteroatoms. The van der Waals surface area contributed by atoms with Crippen LogP contribution in [0.4, 0.5) is 5.82 Å². The summed E-state index contributed by atoms with van der Waals surface area (Å²) in [4.78, 5) is 9.28. The lowest BCUT2D eigenvalue weighted by molar-refractivity contribution is 0.414. The van der Waals surface area contributed by atoms with Crippen molar-refractivity contribution in [3.63, 3.8) is 0 Å². The maximum absolute atomic E-state index is 11.9. The van der Waals surface area contributed by atoms with Crippen molar-refractivity contribution in [2.45, 2.75) is 33.2 Å². The second kappa shape index (κ2) is 8.30. The van der Waals surface area contributed by atoms with Crippen molar-refractivity contribution in [3.8, 4) is 5.75 Å². The maximum atomic E-state index is 11.9. The number of benzene rings is 2. The normalized spacial score (nSPS) is 16.6. The van der Waals surface area contributed by atoms with Crippen molar-refractivity contribution in [3.05, 3.63) is 65.0 Å². The third-order valence-electron chi connectivity index (χ3n) is 5.64. The molecule has 1 N–H and O–H groups in total. The van der Waals surface area contributed by atoms with Crippen LogP contribution in [0.3, 0.4) is 0 Å². The minimum Gasteiger partial charge on any atom is -0.496 e. The van der Waals surface area contributed by atoms with E-state index < -0.39 is 9.84 Å². The molecule has 1 aromatic heterocycles. The lowest BCUT2D eigenvalue weighted by Gasteiger charge is -2.20. The zero-order chi connectivity index (χ0) is 22.2. The Morgan fingerprint density at radius 3 is 2.61 bits per heavy atom. The van der Waals surface area contributed by atoms with Crippen LogP contribution in [0.5, 0.6) is 5.75 Å². The molecule has 162 valence electrons. The molecule has 2 heterocycles. The van der Waals surface area contributed by atoms with E-state index >= 15 is 0 Å². The van der Waals surface area contributed by atoms with Crippen LogP contribution in [-0.4, -0.2) is 37.0 Å². The summed E-state index contributed by atoms with van der Waals surface area (Å²) in [5.41, 5.74) is 5.05. The zero-order valence-corrected chi connectivity index (χ0v) is 19.1. The molecule has 3 aromatic rings. The molecule has 0 spiro atoms. The number of allylic oxidation sites excluding steroid dienone is 1. The van der Waals surface area contributed by atoms with E-state index in [0.717, 1.165) is 27.9 Å². The fourth-order valence-electron chi connectivity index (χ4n) is 3.95. The number of methoxy groups -OCH3 is 1. The molecule has 1 atom stereocenters. The number of rotatable bonds is 5. The summed E-state index contributed by atoms with van der Waals surface area (Å²) in [5.74, 6) is 2.33. The van der Waals surface area contributed by atoms with Crippen molar-refractivity contribution >= 4 is 32.1 Å². The molecule has 1 aliphatic rings. The first-order valence-electron chi connectivity index (χ1n) is 10.3. The number of aryl methyl sites for hydroxylation is 2. The number of ether oxygens (including phenoxy) is 1. The molecule has 0 unspecified atom stereocenters. The van der Waals surface area contributed by atoms with E-state index in [1.165, 1.54) is 11.1 Å². The van der Waals surface area contributed by atoms with Crippen LogP contribution in [0, 0.1) is 13.8 Å². The van der Waals surface area contributed by atoms with E-state index in [4.69, 9.17) is 4.74 Å². The predicted octanol–water partition coefficient (Wildman–Crippen LogP) is 4.63. The second-order valence-electron chi connectivity index (χ2n) is 8.06. The second-order valence-corrected chi connectivity index (χ2v) is 10.3. The van der Waals surface area contributed by atoms with E-state index in [1.54, 1.807) is 13.2 Å². The van der Waals surface area contributed by atoms with Crippen LogP contribution < -0.4 is 10.1 Å². The predicted molar refractivity (Wildman–Crippen MR) is 125 cm³/mol. The van der Waals surface area contributed by atoms with Gasteiger partial charge in [0.1, 0.15) is 17.4 Å². The third kappa shape index (κ3) is 4.56. The van der Waals surface area contributed by atoms with E-state index in [0.29, 0.717) is 18.0 Å². The maximum Gasteiger partial charge on any atom is 0.154 e. The van der Waals surface area contributed by atoms with Crippen molar-refractivity contribution in [2.75, 3.05) is 23.9 Å². The highest BCUT2D eigenvalue weighted by molar-refractivity contribution is 7.91. The number of hydrogen-bond donors (Lipinski definition) is 1. The molecule has 0 saturated carbocycles. The first kappa shape index (κ1) is 21.3. The highest BCUT2D eigenvalue weighted by Crippen LogP contribution is 2.36. The fourth-order valence-corrected chi connectivity index (χ4v) is 5.11. The number of nitrogens with zero attached hydrogens (tertiary/aromatic N) is 2. The van der Waals surface area contributed by atoms with E-state index in [-0.39, 0.29) is 17.5 Å². The van der Waals surface area contributed by atoms with Crippen LogP contribution >= 0.6 is 0 Å². The average molecular weight is 438 g/mol. The van der Waals surface area contributed by atoms with Gasteiger partial charge in [-0.2, -0.15) is 0 Å². The van der Waals surface area contributed by atoms with Crippen molar-refractivity contribution in [2.24, 2.45) is 0 Å². The molecule has 1 aliphatic heterocycles. The minimum absolute atomic E-state index is 0.0574. The number of nitrogens with one attached hydrogen (secondary N) is 1. The largest absolute Gasteiger partial charge is 0.496 e. The first-order chi connectivity index (χ1) is 14.8. The Labute approximate surface area is 183 Å². The monoisotopic (exact) mass is 437 g/mol. The SMILES string of the molecule is COc1cc2nc(C)nc(N[C@H](C)c3cccc(C)c3)c2cc1C1=CCS(=O)(=O)CC1. The lowest BCUT2D eigenvalue weighted by atomic mass is 9.99. The van der Waals surface area contributed by atoms with E-state index in [9.17, 15) is 8.42 Å². The van der Waals surface area contributed by atoms with Gasteiger partial charge in [0.25, 0.3) is 0 Å². The molecule has 0 amide bonds. The van der Waals surface area contributed by atoms with Gasteiger partial charge in [0.15, 0.2) is 9.84 Å². The molecular weight excluding hydrogens is 410 g/mol. The minimum atomic E-state index is -3.00. The average Bonchev–Trinajstić information content (AvgIpc) is 2.73. The third-order valence-corrected chi connectivity index (χ3v) is 7.14. The van der Waals surface area contributed by atoms with Gasteiger partial charge in [0.05, 0.1) is 24.1 Å². The highest BCUT2D eigenvalue weighted by atomic mass is 32.2. The molecule has 4 rings (SSSR count). The van der Waals surface area contributed by atoms with Crippen LogP contribution in [0.1, 0.15) is 41.9 Å². The number of anilines is 1. The summed E-state index contributed by atoms with van der Waals surface area (Å²) in [6.45, 7) is 6.06. The Balaban J connectivity index is 1.80. The van der Waals surface area contributed by atoms with Crippen molar-refractivity contribution in [1.82, 2.24) is 9.97 Å². The molecule has 31 heavy (non-hydrogen) atoms. The Morgan fingerprint density at radius 1 is 1.13 bits per heavy atom. The topological polar surface area (TPSA) is 81.2 Å². The standard InChI is InChI=1S/C24H27N3O3S/c1-15-6-5-7-19(12-15)16(2)25-24-21-13-20(18-8-10-31(28,29)11-9-18)23(30-4)14-22(21)26-17(3)27-24/h5-8,12-14,16H,9-11H2,1-4H3,(H,25,26,27)/t16-/m1/s1. The molecule has 0 radical (unpaired) electrons. The smallest absolute Gasteiger partial charge is 0.154 e. The molecule has 2 aromatic carbocycles. The van der Waals surface area contributed by atoms with E-state index in [2.05, 4.69) is 53.4 Å². The number of sulfone groups is 1. The molecule has 0 bridgehead atoms. The summed E-state index contributed by atoms with van der Waals surface area (Å²) in [6, 6.07) is 12.4. The van der Waals surface area contributed by atoms with Gasteiger partial charge in [-0.05, 0) is 44.4 Å². The Hall–Kier alpha value is -2.93. The number of hydrogen-bond acceptors (Lipinski definition) is 6. The Bertz CT molecular complexity index is 1280. The van der Waals surface area contributed by atoms with Gasteiger partial charge in [-0.1, -0.05) is 35.9 Å². The molecule has 0 aliphatic carbocycles. The Kier molecular flexibility index (Phi) is 5.71. The van der Waals surface area contributed by atoms with Gasteiger partial charge in [0.2, 0.25) is 0 Å². The van der Waals surface area contributed by atoms with Gasteiger partial charge in [-0.3, -0.25) is 0 Å². The van der Waals surface area contributed by atoms with Crippen LogP contribution in [0.15, 0.2) is 42.5 Å². The quantitative estimate of drug-likeness (QED) is 0.627. The fraction of sp³-hybridized carbons (Fsp3) is 0.333. The highest BCUT2D eigenvalue weighted by Gasteiger charge is 2.21.